The zero-order valence-electron chi connectivity index (χ0n) is 7.91. The quantitative estimate of drug-likeness (QED) is 0.377. The average Bonchev–Trinajstić information content (AvgIpc) is 2.50. The second-order valence-electron chi connectivity index (χ2n) is 3.19. The first kappa shape index (κ1) is 9.95. The Morgan fingerprint density at radius 3 is 2.07 bits per heavy atom. The number of rotatable bonds is 0. The second-order valence-corrected chi connectivity index (χ2v) is 3.19. The minimum atomic E-state index is -1.84. The maximum Gasteiger partial charge on any atom is 0.199 e. The van der Waals surface area contributed by atoms with E-state index in [9.17, 15) is 17.6 Å². The van der Waals surface area contributed by atoms with Crippen molar-refractivity contribution in [3.63, 3.8) is 0 Å². The van der Waals surface area contributed by atoms with E-state index >= 15 is 0 Å². The van der Waals surface area contributed by atoms with Gasteiger partial charge in [-0.15, -0.1) is 0 Å². The Labute approximate surface area is 82.1 Å². The third kappa shape index (κ3) is 1.14. The van der Waals surface area contributed by atoms with Gasteiger partial charge in [0.15, 0.2) is 23.3 Å². The number of fused-ring (bicyclic) bond motifs is 1. The van der Waals surface area contributed by atoms with Crippen LogP contribution in [-0.4, -0.2) is 9.78 Å². The highest BCUT2D eigenvalue weighted by Gasteiger charge is 2.24. The summed E-state index contributed by atoms with van der Waals surface area (Å²) in [5, 5.41) is 3.24. The summed E-state index contributed by atoms with van der Waals surface area (Å²) in [4.78, 5) is 0. The summed E-state index contributed by atoms with van der Waals surface area (Å²) in [6, 6.07) is 0. The molecule has 0 aliphatic rings. The zero-order chi connectivity index (χ0) is 11.3. The van der Waals surface area contributed by atoms with E-state index in [0.29, 0.717) is 0 Å². The van der Waals surface area contributed by atoms with Gasteiger partial charge < -0.3 is 0 Å². The summed E-state index contributed by atoms with van der Waals surface area (Å²) < 4.78 is 53.3. The van der Waals surface area contributed by atoms with Crippen molar-refractivity contribution in [3.05, 3.63) is 29.0 Å². The minimum absolute atomic E-state index is 0.236. The Morgan fingerprint density at radius 2 is 1.47 bits per heavy atom. The summed E-state index contributed by atoms with van der Waals surface area (Å²) >= 11 is 0. The van der Waals surface area contributed by atoms with E-state index in [0.717, 1.165) is 4.68 Å². The van der Waals surface area contributed by atoms with Gasteiger partial charge in [-0.05, 0) is 6.92 Å². The largest absolute Gasteiger partial charge is 0.272 e. The molecule has 0 N–H and O–H groups in total. The first-order valence-electron chi connectivity index (χ1n) is 4.10. The Bertz CT molecular complexity index is 559. The van der Waals surface area contributed by atoms with Crippen molar-refractivity contribution in [2.24, 2.45) is 7.05 Å². The van der Waals surface area contributed by atoms with Gasteiger partial charge in [0, 0.05) is 12.7 Å². The van der Waals surface area contributed by atoms with Gasteiger partial charge in [0.2, 0.25) is 0 Å². The Kier molecular flexibility index (Phi) is 1.95. The smallest absolute Gasteiger partial charge is 0.199 e. The molecule has 15 heavy (non-hydrogen) atoms. The van der Waals surface area contributed by atoms with E-state index in [2.05, 4.69) is 5.10 Å². The molecule has 6 heteroatoms. The molecular formula is C9H6F4N2. The lowest BCUT2D eigenvalue weighted by atomic mass is 10.2. The van der Waals surface area contributed by atoms with Crippen molar-refractivity contribution < 1.29 is 17.6 Å². The number of nitrogens with zero attached hydrogens (tertiary/aromatic N) is 2. The molecule has 0 saturated carbocycles. The first-order chi connectivity index (χ1) is 6.95. The van der Waals surface area contributed by atoms with Crippen LogP contribution in [0.5, 0.6) is 0 Å². The fourth-order valence-corrected chi connectivity index (χ4v) is 1.43. The molecule has 80 valence electrons. The van der Waals surface area contributed by atoms with Crippen LogP contribution in [0.25, 0.3) is 10.9 Å². The Balaban J connectivity index is 3.07. The summed E-state index contributed by atoms with van der Waals surface area (Å²) in [6.45, 7) is 1.44. The van der Waals surface area contributed by atoms with Crippen molar-refractivity contribution in [3.8, 4) is 0 Å². The number of aryl methyl sites for hydroxylation is 2. The Morgan fingerprint density at radius 1 is 0.933 bits per heavy atom. The fraction of sp³-hybridized carbons (Fsp3) is 0.222. The van der Waals surface area contributed by atoms with E-state index in [1.165, 1.54) is 14.0 Å². The third-order valence-corrected chi connectivity index (χ3v) is 2.34. The van der Waals surface area contributed by atoms with Gasteiger partial charge in [0.1, 0.15) is 5.52 Å². The van der Waals surface area contributed by atoms with E-state index in [1.54, 1.807) is 0 Å². The molecule has 0 fully saturated rings. The monoisotopic (exact) mass is 218 g/mol. The van der Waals surface area contributed by atoms with Crippen LogP contribution < -0.4 is 0 Å². The van der Waals surface area contributed by atoms with Gasteiger partial charge in [-0.3, -0.25) is 4.68 Å². The highest BCUT2D eigenvalue weighted by Crippen LogP contribution is 2.27. The normalized spacial score (nSPS) is 11.3. The van der Waals surface area contributed by atoms with Crippen LogP contribution in [0, 0.1) is 30.2 Å². The van der Waals surface area contributed by atoms with Crippen molar-refractivity contribution in [1.29, 1.82) is 0 Å². The van der Waals surface area contributed by atoms with E-state index < -0.39 is 28.8 Å². The van der Waals surface area contributed by atoms with Crippen LogP contribution >= 0.6 is 0 Å². The molecule has 0 atom stereocenters. The topological polar surface area (TPSA) is 17.8 Å². The van der Waals surface area contributed by atoms with Crippen molar-refractivity contribution in [2.75, 3.05) is 0 Å². The van der Waals surface area contributed by atoms with Crippen LogP contribution in [0.15, 0.2) is 0 Å². The van der Waals surface area contributed by atoms with Gasteiger partial charge in [-0.2, -0.15) is 5.10 Å². The molecule has 1 aromatic heterocycles. The molecule has 0 amide bonds. The molecular weight excluding hydrogens is 212 g/mol. The number of benzene rings is 1. The van der Waals surface area contributed by atoms with Gasteiger partial charge in [0.25, 0.3) is 0 Å². The lowest BCUT2D eigenvalue weighted by molar-refractivity contribution is 0.417. The van der Waals surface area contributed by atoms with Gasteiger partial charge in [-0.25, -0.2) is 17.6 Å². The summed E-state index contributed by atoms with van der Waals surface area (Å²) in [6.07, 6.45) is 0. The third-order valence-electron chi connectivity index (χ3n) is 2.34. The van der Waals surface area contributed by atoms with Gasteiger partial charge >= 0.3 is 0 Å². The predicted molar refractivity (Wildman–Crippen MR) is 45.3 cm³/mol. The number of hydrogen-bond acceptors (Lipinski definition) is 1. The molecule has 2 rings (SSSR count). The molecule has 0 radical (unpaired) electrons. The molecule has 0 spiro atoms. The van der Waals surface area contributed by atoms with Gasteiger partial charge in [0.05, 0.1) is 5.39 Å². The molecule has 0 unspecified atom stereocenters. The van der Waals surface area contributed by atoms with Crippen molar-refractivity contribution >= 4 is 10.9 Å². The van der Waals surface area contributed by atoms with Crippen LogP contribution in [0.3, 0.4) is 0 Å². The molecule has 1 heterocycles. The lowest BCUT2D eigenvalue weighted by Crippen LogP contribution is -1.97. The maximum absolute atomic E-state index is 13.3. The molecule has 0 aliphatic heterocycles. The fourth-order valence-electron chi connectivity index (χ4n) is 1.43. The van der Waals surface area contributed by atoms with Crippen molar-refractivity contribution in [1.82, 2.24) is 9.78 Å². The van der Waals surface area contributed by atoms with Crippen LogP contribution in [0.2, 0.25) is 0 Å². The molecule has 1 aromatic carbocycles. The highest BCUT2D eigenvalue weighted by atomic mass is 19.2. The van der Waals surface area contributed by atoms with E-state index in [4.69, 9.17) is 0 Å². The number of hydrogen-bond donors (Lipinski definition) is 0. The SMILES string of the molecule is Cc1c2c(F)c(F)c(F)c(F)c2nn1C. The molecule has 0 aliphatic carbocycles. The lowest BCUT2D eigenvalue weighted by Gasteiger charge is -1.99. The van der Waals surface area contributed by atoms with Gasteiger partial charge in [-0.1, -0.05) is 0 Å². The summed E-state index contributed by atoms with van der Waals surface area (Å²) in [5.74, 6) is -6.52. The zero-order valence-corrected chi connectivity index (χ0v) is 7.91. The van der Waals surface area contributed by atoms with Crippen LogP contribution in [0.1, 0.15) is 5.69 Å². The molecule has 0 saturated heterocycles. The number of halogens is 4. The first-order valence-corrected chi connectivity index (χ1v) is 4.10. The molecule has 0 bridgehead atoms. The standard InChI is InChI=1S/C9H6F4N2/c1-3-4-5(10)6(11)7(12)8(13)9(4)14-15(3)2/h1-2H3. The summed E-state index contributed by atoms with van der Waals surface area (Å²) in [7, 11) is 1.43. The van der Waals surface area contributed by atoms with Crippen molar-refractivity contribution in [2.45, 2.75) is 6.92 Å². The van der Waals surface area contributed by atoms with E-state index in [1.807, 2.05) is 0 Å². The highest BCUT2D eigenvalue weighted by molar-refractivity contribution is 5.82. The minimum Gasteiger partial charge on any atom is -0.272 e. The average molecular weight is 218 g/mol. The van der Waals surface area contributed by atoms with E-state index in [-0.39, 0.29) is 11.1 Å². The second kappa shape index (κ2) is 2.95. The maximum atomic E-state index is 13.3. The van der Waals surface area contributed by atoms with Crippen LogP contribution in [-0.2, 0) is 7.05 Å². The van der Waals surface area contributed by atoms with Crippen LogP contribution in [0.4, 0.5) is 17.6 Å². The number of aromatic nitrogens is 2. The predicted octanol–water partition coefficient (Wildman–Crippen LogP) is 2.44. The summed E-state index contributed by atoms with van der Waals surface area (Å²) in [5.41, 5.74) is -0.258. The molecule has 2 nitrogen and oxygen atoms in total. The molecule has 2 aromatic rings. The Hall–Kier alpha value is -1.59.